The molecular weight excluding hydrogens is 253 g/mol. The van der Waals surface area contributed by atoms with E-state index in [2.05, 4.69) is 10.1 Å². The lowest BCUT2D eigenvalue weighted by molar-refractivity contribution is -0.150. The number of esters is 1. The Morgan fingerprint density at radius 3 is 2.79 bits per heavy atom. The van der Waals surface area contributed by atoms with Crippen LogP contribution < -0.4 is 5.32 Å². The molecule has 6 heteroatoms. The van der Waals surface area contributed by atoms with Gasteiger partial charge in [-0.25, -0.2) is 9.18 Å². The van der Waals surface area contributed by atoms with E-state index in [4.69, 9.17) is 0 Å². The molecule has 1 amide bonds. The summed E-state index contributed by atoms with van der Waals surface area (Å²) in [7, 11) is 1.13. The first kappa shape index (κ1) is 14.8. The molecule has 0 aliphatic heterocycles. The summed E-state index contributed by atoms with van der Waals surface area (Å²) in [4.78, 5) is 22.2. The lowest BCUT2D eigenvalue weighted by Crippen LogP contribution is -2.36. The van der Waals surface area contributed by atoms with Gasteiger partial charge in [0.1, 0.15) is 5.82 Å². The van der Waals surface area contributed by atoms with Crippen molar-refractivity contribution < 1.29 is 23.8 Å². The third kappa shape index (κ3) is 4.89. The molecule has 0 radical (unpaired) electrons. The highest BCUT2D eigenvalue weighted by Gasteiger charge is 2.15. The van der Waals surface area contributed by atoms with E-state index in [-0.39, 0.29) is 12.1 Å². The maximum atomic E-state index is 13.2. The lowest BCUT2D eigenvalue weighted by Gasteiger charge is -2.07. The van der Waals surface area contributed by atoms with Gasteiger partial charge < -0.3 is 15.2 Å². The fourth-order valence-corrected chi connectivity index (χ4v) is 1.25. The number of aliphatic hydroxyl groups is 1. The second-order valence-electron chi connectivity index (χ2n) is 3.64. The van der Waals surface area contributed by atoms with E-state index in [0.29, 0.717) is 0 Å². The predicted molar refractivity (Wildman–Crippen MR) is 66.5 cm³/mol. The van der Waals surface area contributed by atoms with Crippen LogP contribution in [0.3, 0.4) is 0 Å². The number of carbonyl (C=O) groups is 2. The van der Waals surface area contributed by atoms with Gasteiger partial charge in [0.2, 0.25) is 5.91 Å². The molecular formula is C13H14FNO4. The van der Waals surface area contributed by atoms with Crippen LogP contribution in [0.5, 0.6) is 0 Å². The van der Waals surface area contributed by atoms with Gasteiger partial charge in [0, 0.05) is 11.6 Å². The monoisotopic (exact) mass is 267 g/mol. The molecule has 0 heterocycles. The Hall–Kier alpha value is -2.21. The largest absolute Gasteiger partial charge is 0.467 e. The third-order valence-electron chi connectivity index (χ3n) is 2.26. The Bertz CT molecular complexity index is 487. The molecule has 0 bridgehead atoms. The van der Waals surface area contributed by atoms with E-state index in [9.17, 15) is 19.1 Å². The van der Waals surface area contributed by atoms with Crippen LogP contribution >= 0.6 is 0 Å². The van der Waals surface area contributed by atoms with Crippen molar-refractivity contribution in [1.29, 1.82) is 0 Å². The topological polar surface area (TPSA) is 75.6 Å². The first-order valence-electron chi connectivity index (χ1n) is 5.51. The van der Waals surface area contributed by atoms with Gasteiger partial charge in [-0.2, -0.15) is 0 Å². The van der Waals surface area contributed by atoms with Gasteiger partial charge in [0.15, 0.2) is 6.10 Å². The van der Waals surface area contributed by atoms with Gasteiger partial charge in [-0.15, -0.1) is 0 Å². The number of hydrogen-bond donors (Lipinski definition) is 2. The summed E-state index contributed by atoms with van der Waals surface area (Å²) in [6, 6.07) is 5.97. The molecule has 0 saturated heterocycles. The van der Waals surface area contributed by atoms with E-state index < -0.39 is 23.8 Å². The maximum absolute atomic E-state index is 13.2. The fourth-order valence-electron chi connectivity index (χ4n) is 1.25. The normalized spacial score (nSPS) is 12.2. The second-order valence-corrected chi connectivity index (χ2v) is 3.64. The number of nitrogens with one attached hydrogen (secondary N) is 1. The van der Waals surface area contributed by atoms with Crippen molar-refractivity contribution in [3.05, 3.63) is 41.7 Å². The first-order valence-corrected chi connectivity index (χ1v) is 5.51. The summed E-state index contributed by atoms with van der Waals surface area (Å²) in [5.74, 6) is -1.83. The van der Waals surface area contributed by atoms with Crippen molar-refractivity contribution in [2.45, 2.75) is 6.10 Å². The zero-order valence-corrected chi connectivity index (χ0v) is 10.3. The van der Waals surface area contributed by atoms with Gasteiger partial charge >= 0.3 is 5.97 Å². The maximum Gasteiger partial charge on any atom is 0.336 e. The molecule has 5 nitrogen and oxygen atoms in total. The molecule has 102 valence electrons. The molecule has 2 N–H and O–H groups in total. The minimum Gasteiger partial charge on any atom is -0.467 e. The van der Waals surface area contributed by atoms with Crippen LogP contribution in [0.2, 0.25) is 0 Å². The van der Waals surface area contributed by atoms with E-state index in [1.54, 1.807) is 12.1 Å². The van der Waals surface area contributed by atoms with E-state index in [1.807, 2.05) is 0 Å². The molecule has 0 saturated carbocycles. The lowest BCUT2D eigenvalue weighted by atomic mass is 10.2. The number of methoxy groups -OCH3 is 1. The summed E-state index contributed by atoms with van der Waals surface area (Å²) in [5, 5.41) is 11.5. The summed E-state index contributed by atoms with van der Waals surface area (Å²) in [6.07, 6.45) is 0.994. The highest BCUT2D eigenvalue weighted by Crippen LogP contribution is 2.07. The number of amides is 1. The van der Waals surface area contributed by atoms with E-state index in [1.165, 1.54) is 18.2 Å². The van der Waals surface area contributed by atoms with E-state index in [0.717, 1.165) is 13.2 Å². The number of carbonyl (C=O) groups excluding carboxylic acids is 2. The van der Waals surface area contributed by atoms with E-state index >= 15 is 0 Å². The van der Waals surface area contributed by atoms with Crippen LogP contribution in [-0.4, -0.2) is 36.7 Å². The zero-order chi connectivity index (χ0) is 14.3. The van der Waals surface area contributed by atoms with Crippen LogP contribution in [0, 0.1) is 5.82 Å². The highest BCUT2D eigenvalue weighted by atomic mass is 19.1. The van der Waals surface area contributed by atoms with Gasteiger partial charge in [-0.3, -0.25) is 4.79 Å². The van der Waals surface area contributed by atoms with Gasteiger partial charge in [-0.05, 0) is 12.1 Å². The molecule has 0 aliphatic rings. The molecule has 1 aromatic carbocycles. The van der Waals surface area contributed by atoms with Crippen molar-refractivity contribution in [3.8, 4) is 0 Å². The summed E-state index contributed by atoms with van der Waals surface area (Å²) in [6.45, 7) is -0.271. The third-order valence-corrected chi connectivity index (χ3v) is 2.26. The molecule has 1 rings (SSSR count). The summed E-state index contributed by atoms with van der Waals surface area (Å²) < 4.78 is 17.5. The van der Waals surface area contributed by atoms with Crippen molar-refractivity contribution in [2.24, 2.45) is 0 Å². The van der Waals surface area contributed by atoms with Crippen molar-refractivity contribution >= 4 is 18.0 Å². The molecule has 0 aromatic heterocycles. The Labute approximate surface area is 109 Å². The summed E-state index contributed by atoms with van der Waals surface area (Å²) >= 11 is 0. The van der Waals surface area contributed by atoms with Crippen molar-refractivity contribution in [3.63, 3.8) is 0 Å². The Balaban J connectivity index is 2.48. The molecule has 1 aromatic rings. The van der Waals surface area contributed by atoms with Crippen LogP contribution in [-0.2, 0) is 14.3 Å². The average molecular weight is 267 g/mol. The van der Waals surface area contributed by atoms with Crippen molar-refractivity contribution in [1.82, 2.24) is 5.32 Å². The van der Waals surface area contributed by atoms with Crippen LogP contribution in [0.15, 0.2) is 30.3 Å². The standard InChI is InChI=1S/C13H14FNO4/c1-19-13(18)11(16)8-15-12(17)7-6-9-4-2-3-5-10(9)14/h2-7,11,16H,8H2,1H3,(H,15,17)/b7-6+. The average Bonchev–Trinajstić information content (AvgIpc) is 2.42. The Morgan fingerprint density at radius 2 is 2.16 bits per heavy atom. The quantitative estimate of drug-likeness (QED) is 0.601. The van der Waals surface area contributed by atoms with Gasteiger partial charge in [0.05, 0.1) is 13.7 Å². The zero-order valence-electron chi connectivity index (χ0n) is 10.3. The Kier molecular flexibility index (Phi) is 5.69. The predicted octanol–water partition coefficient (Wildman–Crippen LogP) is 0.489. The molecule has 1 unspecified atom stereocenters. The SMILES string of the molecule is COC(=O)C(O)CNC(=O)/C=C/c1ccccc1F. The molecule has 19 heavy (non-hydrogen) atoms. The number of rotatable bonds is 5. The minimum absolute atomic E-state index is 0.270. The number of halogens is 1. The minimum atomic E-state index is -1.42. The number of hydrogen-bond acceptors (Lipinski definition) is 4. The number of ether oxygens (including phenoxy) is 1. The Morgan fingerprint density at radius 1 is 1.47 bits per heavy atom. The van der Waals surface area contributed by atoms with Crippen LogP contribution in [0.1, 0.15) is 5.56 Å². The smallest absolute Gasteiger partial charge is 0.336 e. The molecule has 1 atom stereocenters. The fraction of sp³-hybridized carbons (Fsp3) is 0.231. The van der Waals surface area contributed by atoms with Crippen LogP contribution in [0.25, 0.3) is 6.08 Å². The molecule has 0 aliphatic carbocycles. The molecule has 0 fully saturated rings. The number of benzene rings is 1. The number of aliphatic hydroxyl groups excluding tert-OH is 1. The first-order chi connectivity index (χ1) is 9.04. The van der Waals surface area contributed by atoms with Crippen molar-refractivity contribution in [2.75, 3.05) is 13.7 Å². The second kappa shape index (κ2) is 7.27. The highest BCUT2D eigenvalue weighted by molar-refractivity contribution is 5.92. The summed E-state index contributed by atoms with van der Waals surface area (Å²) in [5.41, 5.74) is 0.270. The van der Waals surface area contributed by atoms with Gasteiger partial charge in [0.25, 0.3) is 0 Å². The van der Waals surface area contributed by atoms with Crippen LogP contribution in [0.4, 0.5) is 4.39 Å². The molecule has 0 spiro atoms. The van der Waals surface area contributed by atoms with Gasteiger partial charge in [-0.1, -0.05) is 18.2 Å².